The van der Waals surface area contributed by atoms with Crippen molar-refractivity contribution >= 4 is 17.5 Å². The van der Waals surface area contributed by atoms with Gasteiger partial charge in [-0.05, 0) is 31.2 Å². The molecule has 0 aromatic carbocycles. The highest BCUT2D eigenvalue weighted by Crippen LogP contribution is 2.08. The molecule has 0 unspecified atom stereocenters. The van der Waals surface area contributed by atoms with Gasteiger partial charge in [-0.1, -0.05) is 12.1 Å². The lowest BCUT2D eigenvalue weighted by molar-refractivity contribution is 0.102. The zero-order chi connectivity index (χ0) is 13.0. The molecule has 2 heterocycles. The molecule has 0 radical (unpaired) electrons. The van der Waals surface area contributed by atoms with E-state index in [0.717, 1.165) is 5.69 Å². The summed E-state index contributed by atoms with van der Waals surface area (Å²) < 4.78 is 0. The Morgan fingerprint density at radius 3 is 2.50 bits per heavy atom. The highest BCUT2D eigenvalue weighted by atomic mass is 16.1. The lowest BCUT2D eigenvalue weighted by Gasteiger charge is -2.05. The Morgan fingerprint density at radius 2 is 1.78 bits per heavy atom. The molecule has 0 spiro atoms. The van der Waals surface area contributed by atoms with Gasteiger partial charge < -0.3 is 10.6 Å². The maximum absolute atomic E-state index is 12.0. The van der Waals surface area contributed by atoms with Crippen molar-refractivity contribution in [2.75, 3.05) is 17.7 Å². The van der Waals surface area contributed by atoms with E-state index >= 15 is 0 Å². The third-order valence-corrected chi connectivity index (χ3v) is 2.37. The number of rotatable bonds is 3. The number of hydrogen-bond donors (Lipinski definition) is 2. The summed E-state index contributed by atoms with van der Waals surface area (Å²) in [5.74, 6) is 0.904. The number of nitrogens with zero attached hydrogens (tertiary/aromatic N) is 2. The van der Waals surface area contributed by atoms with Crippen LogP contribution in [-0.2, 0) is 0 Å². The quantitative estimate of drug-likeness (QED) is 0.864. The highest BCUT2D eigenvalue weighted by molar-refractivity contribution is 6.02. The topological polar surface area (TPSA) is 66.9 Å². The van der Waals surface area contributed by atoms with Gasteiger partial charge in [0.05, 0.1) is 0 Å². The maximum atomic E-state index is 12.0. The SMILES string of the molecule is CNc1cccc(C(=O)Nc2cccc(C)n2)n1. The van der Waals surface area contributed by atoms with E-state index in [4.69, 9.17) is 0 Å². The van der Waals surface area contributed by atoms with Gasteiger partial charge in [-0.15, -0.1) is 0 Å². The number of anilines is 2. The predicted octanol–water partition coefficient (Wildman–Crippen LogP) is 2.08. The van der Waals surface area contributed by atoms with Crippen LogP contribution in [0.25, 0.3) is 0 Å². The molecule has 2 aromatic heterocycles. The van der Waals surface area contributed by atoms with Gasteiger partial charge in [0.2, 0.25) is 0 Å². The van der Waals surface area contributed by atoms with Crippen molar-refractivity contribution in [1.82, 2.24) is 9.97 Å². The first kappa shape index (κ1) is 12.0. The molecule has 1 amide bonds. The van der Waals surface area contributed by atoms with E-state index in [1.807, 2.05) is 19.1 Å². The molecule has 0 aliphatic rings. The van der Waals surface area contributed by atoms with Crippen molar-refractivity contribution in [3.05, 3.63) is 47.8 Å². The van der Waals surface area contributed by atoms with Crippen LogP contribution in [0.4, 0.5) is 11.6 Å². The first-order chi connectivity index (χ1) is 8.69. The van der Waals surface area contributed by atoms with Gasteiger partial charge >= 0.3 is 0 Å². The van der Waals surface area contributed by atoms with E-state index in [-0.39, 0.29) is 5.91 Å². The summed E-state index contributed by atoms with van der Waals surface area (Å²) in [5.41, 5.74) is 1.20. The van der Waals surface area contributed by atoms with Crippen LogP contribution in [0.15, 0.2) is 36.4 Å². The minimum Gasteiger partial charge on any atom is -0.373 e. The molecule has 0 aliphatic carbocycles. The fraction of sp³-hybridized carbons (Fsp3) is 0.154. The van der Waals surface area contributed by atoms with Crippen LogP contribution in [0.3, 0.4) is 0 Å². The molecule has 18 heavy (non-hydrogen) atoms. The summed E-state index contributed by atoms with van der Waals surface area (Å²) in [6, 6.07) is 10.7. The predicted molar refractivity (Wildman–Crippen MR) is 70.7 cm³/mol. The monoisotopic (exact) mass is 242 g/mol. The fourth-order valence-electron chi connectivity index (χ4n) is 1.49. The Bertz CT molecular complexity index is 568. The largest absolute Gasteiger partial charge is 0.373 e. The molecule has 5 heteroatoms. The molecule has 2 N–H and O–H groups in total. The normalized spacial score (nSPS) is 9.89. The van der Waals surface area contributed by atoms with E-state index in [1.54, 1.807) is 31.3 Å². The molecule has 0 bridgehead atoms. The van der Waals surface area contributed by atoms with E-state index in [2.05, 4.69) is 20.6 Å². The Balaban J connectivity index is 2.16. The Labute approximate surface area is 105 Å². The van der Waals surface area contributed by atoms with Crippen molar-refractivity contribution in [1.29, 1.82) is 0 Å². The van der Waals surface area contributed by atoms with Crippen molar-refractivity contribution in [3.8, 4) is 0 Å². The number of carbonyl (C=O) groups is 1. The smallest absolute Gasteiger partial charge is 0.275 e. The van der Waals surface area contributed by atoms with Crippen LogP contribution in [0.2, 0.25) is 0 Å². The summed E-state index contributed by atoms with van der Waals surface area (Å²) in [6.07, 6.45) is 0. The lowest BCUT2D eigenvalue weighted by Crippen LogP contribution is -2.15. The van der Waals surface area contributed by atoms with Gasteiger partial charge in [0.25, 0.3) is 5.91 Å². The van der Waals surface area contributed by atoms with Crippen molar-refractivity contribution in [2.24, 2.45) is 0 Å². The number of nitrogens with one attached hydrogen (secondary N) is 2. The Kier molecular flexibility index (Phi) is 3.52. The average Bonchev–Trinajstić information content (AvgIpc) is 2.39. The minimum absolute atomic E-state index is 0.273. The van der Waals surface area contributed by atoms with Gasteiger partial charge in [-0.25, -0.2) is 9.97 Å². The molecule has 0 saturated carbocycles. The molecule has 0 fully saturated rings. The molecule has 92 valence electrons. The maximum Gasteiger partial charge on any atom is 0.275 e. The van der Waals surface area contributed by atoms with Crippen LogP contribution >= 0.6 is 0 Å². The summed E-state index contributed by atoms with van der Waals surface area (Å²) in [5, 5.41) is 5.60. The molecule has 5 nitrogen and oxygen atoms in total. The Morgan fingerprint density at radius 1 is 1.06 bits per heavy atom. The third kappa shape index (κ3) is 2.82. The number of aromatic nitrogens is 2. The minimum atomic E-state index is -0.273. The Hall–Kier alpha value is -2.43. The lowest BCUT2D eigenvalue weighted by atomic mass is 10.3. The van der Waals surface area contributed by atoms with E-state index < -0.39 is 0 Å². The summed E-state index contributed by atoms with van der Waals surface area (Å²) in [4.78, 5) is 20.3. The fourth-order valence-corrected chi connectivity index (χ4v) is 1.49. The molecule has 2 aromatic rings. The van der Waals surface area contributed by atoms with Crippen molar-refractivity contribution in [3.63, 3.8) is 0 Å². The zero-order valence-corrected chi connectivity index (χ0v) is 10.3. The first-order valence-corrected chi connectivity index (χ1v) is 5.59. The van der Waals surface area contributed by atoms with Gasteiger partial charge in [-0.2, -0.15) is 0 Å². The molecule has 0 atom stereocenters. The molecule has 0 saturated heterocycles. The second-order valence-corrected chi connectivity index (χ2v) is 3.78. The third-order valence-electron chi connectivity index (χ3n) is 2.37. The number of carbonyl (C=O) groups excluding carboxylic acids is 1. The zero-order valence-electron chi connectivity index (χ0n) is 10.3. The van der Waals surface area contributed by atoms with Gasteiger partial charge in [0, 0.05) is 12.7 Å². The van der Waals surface area contributed by atoms with Gasteiger partial charge in [0.15, 0.2) is 0 Å². The number of amides is 1. The summed E-state index contributed by atoms with van der Waals surface area (Å²) in [6.45, 7) is 1.87. The molecular weight excluding hydrogens is 228 g/mol. The van der Waals surface area contributed by atoms with E-state index in [9.17, 15) is 4.79 Å². The van der Waals surface area contributed by atoms with Crippen LogP contribution < -0.4 is 10.6 Å². The standard InChI is InChI=1S/C13H14N4O/c1-9-5-3-8-12(15-9)17-13(18)10-6-4-7-11(14-2)16-10/h3-8H,1-2H3,(H,14,16)(H,15,17,18). The van der Waals surface area contributed by atoms with E-state index in [0.29, 0.717) is 17.3 Å². The van der Waals surface area contributed by atoms with Gasteiger partial charge in [0.1, 0.15) is 17.3 Å². The van der Waals surface area contributed by atoms with Crippen LogP contribution in [0.1, 0.15) is 16.2 Å². The van der Waals surface area contributed by atoms with Crippen molar-refractivity contribution in [2.45, 2.75) is 6.92 Å². The average molecular weight is 242 g/mol. The number of aryl methyl sites for hydroxylation is 1. The van der Waals surface area contributed by atoms with Crippen LogP contribution in [0, 0.1) is 6.92 Å². The summed E-state index contributed by atoms with van der Waals surface area (Å²) >= 11 is 0. The molecule has 0 aliphatic heterocycles. The first-order valence-electron chi connectivity index (χ1n) is 5.59. The molecule has 2 rings (SSSR count). The number of pyridine rings is 2. The second-order valence-electron chi connectivity index (χ2n) is 3.78. The van der Waals surface area contributed by atoms with E-state index in [1.165, 1.54) is 0 Å². The van der Waals surface area contributed by atoms with Crippen molar-refractivity contribution < 1.29 is 4.79 Å². The van der Waals surface area contributed by atoms with Crippen LogP contribution in [-0.4, -0.2) is 22.9 Å². The highest BCUT2D eigenvalue weighted by Gasteiger charge is 2.08. The summed E-state index contributed by atoms with van der Waals surface area (Å²) in [7, 11) is 1.76. The second kappa shape index (κ2) is 5.27. The van der Waals surface area contributed by atoms with Gasteiger partial charge in [-0.3, -0.25) is 4.79 Å². The molecular formula is C13H14N4O. The number of hydrogen-bond acceptors (Lipinski definition) is 4. The van der Waals surface area contributed by atoms with Crippen LogP contribution in [0.5, 0.6) is 0 Å².